The van der Waals surface area contributed by atoms with Crippen LogP contribution < -0.4 is 5.43 Å². The SMILES string of the molecule is Cc1cc(=O)c2c(O)ccc(O)c2[nH]1. The van der Waals surface area contributed by atoms with Crippen molar-refractivity contribution in [3.8, 4) is 11.5 Å². The van der Waals surface area contributed by atoms with Crippen molar-refractivity contribution >= 4 is 10.9 Å². The highest BCUT2D eigenvalue weighted by Crippen LogP contribution is 2.27. The summed E-state index contributed by atoms with van der Waals surface area (Å²) in [5.41, 5.74) is 0.614. The number of pyridine rings is 1. The largest absolute Gasteiger partial charge is 0.507 e. The molecule has 0 bridgehead atoms. The average molecular weight is 191 g/mol. The second kappa shape index (κ2) is 2.77. The van der Waals surface area contributed by atoms with Crippen molar-refractivity contribution in [2.24, 2.45) is 0 Å². The fourth-order valence-electron chi connectivity index (χ4n) is 1.46. The molecule has 0 saturated heterocycles. The predicted molar refractivity (Wildman–Crippen MR) is 52.6 cm³/mol. The van der Waals surface area contributed by atoms with Crippen molar-refractivity contribution in [3.63, 3.8) is 0 Å². The molecule has 1 aromatic heterocycles. The van der Waals surface area contributed by atoms with Crippen LogP contribution in [0, 0.1) is 6.92 Å². The van der Waals surface area contributed by atoms with Gasteiger partial charge in [0.15, 0.2) is 5.43 Å². The molecule has 0 aliphatic carbocycles. The minimum atomic E-state index is -0.301. The van der Waals surface area contributed by atoms with E-state index in [4.69, 9.17) is 0 Å². The van der Waals surface area contributed by atoms with Gasteiger partial charge in [0.2, 0.25) is 0 Å². The average Bonchev–Trinajstić information content (AvgIpc) is 2.10. The van der Waals surface area contributed by atoms with Gasteiger partial charge in [-0.15, -0.1) is 0 Å². The third kappa shape index (κ3) is 1.12. The normalized spacial score (nSPS) is 10.6. The summed E-state index contributed by atoms with van der Waals surface area (Å²) >= 11 is 0. The smallest absolute Gasteiger partial charge is 0.193 e. The van der Waals surface area contributed by atoms with Gasteiger partial charge in [-0.2, -0.15) is 0 Å². The van der Waals surface area contributed by atoms with Gasteiger partial charge in [-0.25, -0.2) is 0 Å². The molecule has 1 heterocycles. The highest BCUT2D eigenvalue weighted by atomic mass is 16.3. The Morgan fingerprint density at radius 1 is 1.21 bits per heavy atom. The first-order valence-electron chi connectivity index (χ1n) is 4.14. The summed E-state index contributed by atoms with van der Waals surface area (Å²) in [5, 5.41) is 19.0. The van der Waals surface area contributed by atoms with Crippen molar-refractivity contribution in [2.75, 3.05) is 0 Å². The highest BCUT2D eigenvalue weighted by molar-refractivity contribution is 5.89. The lowest BCUT2D eigenvalue weighted by molar-refractivity contribution is 0.468. The number of hydrogen-bond acceptors (Lipinski definition) is 3. The molecule has 0 aliphatic heterocycles. The van der Waals surface area contributed by atoms with E-state index < -0.39 is 0 Å². The Morgan fingerprint density at radius 3 is 2.57 bits per heavy atom. The van der Waals surface area contributed by atoms with Crippen LogP contribution in [0.2, 0.25) is 0 Å². The number of H-pyrrole nitrogens is 1. The summed E-state index contributed by atoms with van der Waals surface area (Å²) in [7, 11) is 0. The number of nitrogens with one attached hydrogen (secondary N) is 1. The van der Waals surface area contributed by atoms with Crippen LogP contribution in [0.4, 0.5) is 0 Å². The number of hydrogen-bond donors (Lipinski definition) is 3. The van der Waals surface area contributed by atoms with E-state index in [1.165, 1.54) is 18.2 Å². The lowest BCUT2D eigenvalue weighted by Crippen LogP contribution is -2.03. The number of benzene rings is 1. The molecule has 0 saturated carbocycles. The Bertz CT molecular complexity index is 557. The van der Waals surface area contributed by atoms with Crippen LogP contribution in [0.5, 0.6) is 11.5 Å². The van der Waals surface area contributed by atoms with Crippen molar-refractivity contribution < 1.29 is 10.2 Å². The molecular weight excluding hydrogens is 182 g/mol. The van der Waals surface area contributed by atoms with Gasteiger partial charge in [0, 0.05) is 11.8 Å². The zero-order valence-corrected chi connectivity index (χ0v) is 7.53. The second-order valence-corrected chi connectivity index (χ2v) is 3.17. The summed E-state index contributed by atoms with van der Waals surface area (Å²) in [6.45, 7) is 1.71. The third-order valence-electron chi connectivity index (χ3n) is 2.08. The molecule has 0 fully saturated rings. The number of phenols is 2. The number of aromatic amines is 1. The zero-order valence-electron chi connectivity index (χ0n) is 7.53. The van der Waals surface area contributed by atoms with Crippen molar-refractivity contribution in [3.05, 3.63) is 34.1 Å². The van der Waals surface area contributed by atoms with E-state index in [1.807, 2.05) is 0 Å². The monoisotopic (exact) mass is 191 g/mol. The van der Waals surface area contributed by atoms with Crippen molar-refractivity contribution in [1.82, 2.24) is 4.98 Å². The van der Waals surface area contributed by atoms with Crippen LogP contribution in [-0.4, -0.2) is 15.2 Å². The molecule has 72 valence electrons. The molecule has 3 N–H and O–H groups in total. The van der Waals surface area contributed by atoms with Gasteiger partial charge in [0.25, 0.3) is 0 Å². The Morgan fingerprint density at radius 2 is 1.86 bits per heavy atom. The van der Waals surface area contributed by atoms with Gasteiger partial charge < -0.3 is 15.2 Å². The van der Waals surface area contributed by atoms with E-state index in [-0.39, 0.29) is 27.8 Å². The quantitative estimate of drug-likeness (QED) is 0.548. The molecular formula is C10H9NO3. The molecule has 0 atom stereocenters. The van der Waals surface area contributed by atoms with E-state index >= 15 is 0 Å². The van der Waals surface area contributed by atoms with Crippen LogP contribution >= 0.6 is 0 Å². The third-order valence-corrected chi connectivity index (χ3v) is 2.08. The number of phenolic OH excluding ortho intramolecular Hbond substituents is 2. The van der Waals surface area contributed by atoms with Crippen molar-refractivity contribution in [2.45, 2.75) is 6.92 Å². The van der Waals surface area contributed by atoms with Gasteiger partial charge in [0.05, 0.1) is 10.9 Å². The Kier molecular flexibility index (Phi) is 1.70. The van der Waals surface area contributed by atoms with E-state index in [0.29, 0.717) is 5.69 Å². The molecule has 14 heavy (non-hydrogen) atoms. The number of rotatable bonds is 0. The van der Waals surface area contributed by atoms with Gasteiger partial charge in [0.1, 0.15) is 11.5 Å². The van der Waals surface area contributed by atoms with Gasteiger partial charge in [-0.1, -0.05) is 0 Å². The van der Waals surface area contributed by atoms with E-state index in [2.05, 4.69) is 4.98 Å². The maximum atomic E-state index is 11.5. The standard InChI is InChI=1S/C10H9NO3/c1-5-4-8(14)9-6(12)2-3-7(13)10(9)11-5/h2-4,12-13H,1H3,(H,11,14). The fraction of sp³-hybridized carbons (Fsp3) is 0.100. The summed E-state index contributed by atoms with van der Waals surface area (Å²) < 4.78 is 0. The summed E-state index contributed by atoms with van der Waals surface area (Å²) in [4.78, 5) is 14.3. The molecule has 0 unspecified atom stereocenters. The van der Waals surface area contributed by atoms with E-state index in [1.54, 1.807) is 6.92 Å². The molecule has 2 rings (SSSR count). The summed E-state index contributed by atoms with van der Waals surface area (Å²) in [5.74, 6) is -0.169. The predicted octanol–water partition coefficient (Wildman–Crippen LogP) is 1.25. The molecule has 4 nitrogen and oxygen atoms in total. The topological polar surface area (TPSA) is 73.3 Å². The van der Waals surface area contributed by atoms with Gasteiger partial charge in [-0.05, 0) is 19.1 Å². The molecule has 0 spiro atoms. The molecule has 2 aromatic rings. The molecule has 0 amide bonds. The van der Waals surface area contributed by atoms with Crippen LogP contribution in [-0.2, 0) is 0 Å². The van der Waals surface area contributed by atoms with E-state index in [9.17, 15) is 15.0 Å². The molecule has 4 heteroatoms. The number of aromatic hydroxyl groups is 2. The molecule has 1 aromatic carbocycles. The Balaban J connectivity index is 3.08. The van der Waals surface area contributed by atoms with Crippen LogP contribution in [0.15, 0.2) is 23.0 Å². The van der Waals surface area contributed by atoms with Crippen molar-refractivity contribution in [1.29, 1.82) is 0 Å². The summed E-state index contributed by atoms with van der Waals surface area (Å²) in [6.07, 6.45) is 0. The first kappa shape index (κ1) is 8.62. The zero-order chi connectivity index (χ0) is 10.3. The maximum absolute atomic E-state index is 11.5. The van der Waals surface area contributed by atoms with Gasteiger partial charge >= 0.3 is 0 Å². The number of aryl methyl sites for hydroxylation is 1. The Hall–Kier alpha value is -1.97. The first-order chi connectivity index (χ1) is 6.59. The van der Waals surface area contributed by atoms with Crippen LogP contribution in [0.1, 0.15) is 5.69 Å². The molecule has 0 aliphatic rings. The fourth-order valence-corrected chi connectivity index (χ4v) is 1.46. The number of aromatic nitrogens is 1. The van der Waals surface area contributed by atoms with Crippen LogP contribution in [0.25, 0.3) is 10.9 Å². The van der Waals surface area contributed by atoms with Gasteiger partial charge in [-0.3, -0.25) is 4.79 Å². The Labute approximate surface area is 79.4 Å². The van der Waals surface area contributed by atoms with E-state index in [0.717, 1.165) is 0 Å². The first-order valence-corrected chi connectivity index (χ1v) is 4.14. The van der Waals surface area contributed by atoms with Crippen LogP contribution in [0.3, 0.4) is 0 Å². The summed E-state index contributed by atoms with van der Waals surface area (Å²) in [6, 6.07) is 4.01. The maximum Gasteiger partial charge on any atom is 0.193 e. The minimum Gasteiger partial charge on any atom is -0.507 e. The minimum absolute atomic E-state index is 0.0430. The lowest BCUT2D eigenvalue weighted by Gasteiger charge is -2.03. The molecule has 0 radical (unpaired) electrons. The second-order valence-electron chi connectivity index (χ2n) is 3.17. The highest BCUT2D eigenvalue weighted by Gasteiger charge is 2.08. The lowest BCUT2D eigenvalue weighted by atomic mass is 10.1. The number of fused-ring (bicyclic) bond motifs is 1.